The predicted molar refractivity (Wildman–Crippen MR) is 120 cm³/mol. The number of amides is 1. The average Bonchev–Trinajstić information content (AvgIpc) is 2.98. The number of likely N-dealkylation sites (N-methyl/N-ethyl adjacent to an activating group) is 1. The van der Waals surface area contributed by atoms with Gasteiger partial charge in [-0.05, 0) is 44.2 Å². The first-order valence-electron chi connectivity index (χ1n) is 11.2. The third kappa shape index (κ3) is 3.84. The molecule has 1 unspecified atom stereocenters. The minimum atomic E-state index is -1.36. The fourth-order valence-electron chi connectivity index (χ4n) is 5.28. The van der Waals surface area contributed by atoms with Crippen molar-refractivity contribution < 1.29 is 22.7 Å². The number of hydrogen-bond donors (Lipinski definition) is 2. The molecule has 0 spiro atoms. The number of aromatic amines is 1. The third-order valence-corrected chi connectivity index (χ3v) is 7.20. The molecule has 2 N–H and O–H groups in total. The standard InChI is InChI=1S/C24H23F3N4O4/c1-30-16-6-7-24(30,12-35-11-16)20(21(32)28-10-13-2-3-15(26)9-18(13)27)31-22(33)17-8-14(25)4-5-19(17)29-23(31)34/h2-5,8-9,16,20H,6-7,10-12H2,1H3,(H,28,32)(H,29,34)/t16-,20?,24+/m1/s1. The summed E-state index contributed by atoms with van der Waals surface area (Å²) in [7, 11) is 1.81. The van der Waals surface area contributed by atoms with E-state index in [1.165, 1.54) is 12.1 Å². The number of H-pyrrole nitrogens is 1. The Bertz CT molecular complexity index is 1430. The van der Waals surface area contributed by atoms with Gasteiger partial charge in [-0.15, -0.1) is 0 Å². The van der Waals surface area contributed by atoms with Gasteiger partial charge in [-0.3, -0.25) is 14.5 Å². The van der Waals surface area contributed by atoms with Gasteiger partial charge in [-0.25, -0.2) is 22.5 Å². The van der Waals surface area contributed by atoms with E-state index in [1.54, 1.807) is 7.05 Å². The summed E-state index contributed by atoms with van der Waals surface area (Å²) >= 11 is 0. The van der Waals surface area contributed by atoms with E-state index in [2.05, 4.69) is 10.3 Å². The molecule has 0 aliphatic carbocycles. The molecule has 0 saturated carbocycles. The van der Waals surface area contributed by atoms with E-state index in [0.717, 1.165) is 22.8 Å². The number of halogens is 3. The van der Waals surface area contributed by atoms with Crippen molar-refractivity contribution in [2.45, 2.75) is 37.0 Å². The van der Waals surface area contributed by atoms with E-state index in [9.17, 15) is 27.6 Å². The monoisotopic (exact) mass is 488 g/mol. The zero-order chi connectivity index (χ0) is 24.9. The molecular weight excluding hydrogens is 465 g/mol. The van der Waals surface area contributed by atoms with E-state index in [4.69, 9.17) is 4.74 Å². The molecule has 3 atom stereocenters. The van der Waals surface area contributed by atoms with E-state index in [-0.39, 0.29) is 35.7 Å². The molecule has 8 nitrogen and oxygen atoms in total. The maximum absolute atomic E-state index is 14.2. The Kier molecular flexibility index (Phi) is 5.76. The van der Waals surface area contributed by atoms with Crippen molar-refractivity contribution in [1.82, 2.24) is 19.8 Å². The highest BCUT2D eigenvalue weighted by molar-refractivity contribution is 5.83. The van der Waals surface area contributed by atoms with Crippen LogP contribution in [0, 0.1) is 17.5 Å². The number of benzene rings is 2. The highest BCUT2D eigenvalue weighted by atomic mass is 19.1. The van der Waals surface area contributed by atoms with Crippen LogP contribution in [0.2, 0.25) is 0 Å². The van der Waals surface area contributed by atoms with E-state index < -0.39 is 46.2 Å². The Morgan fingerprint density at radius 3 is 2.71 bits per heavy atom. The minimum absolute atomic E-state index is 0.0127. The lowest BCUT2D eigenvalue weighted by Gasteiger charge is -2.46. The molecule has 2 fully saturated rings. The van der Waals surface area contributed by atoms with Gasteiger partial charge in [0.15, 0.2) is 0 Å². The summed E-state index contributed by atoms with van der Waals surface area (Å²) in [6.07, 6.45) is 1.14. The molecule has 2 aromatic carbocycles. The number of nitrogens with one attached hydrogen (secondary N) is 2. The minimum Gasteiger partial charge on any atom is -0.378 e. The van der Waals surface area contributed by atoms with Crippen LogP contribution in [0.15, 0.2) is 46.0 Å². The van der Waals surface area contributed by atoms with Gasteiger partial charge in [0.2, 0.25) is 5.91 Å². The Balaban J connectivity index is 1.62. The molecule has 1 amide bonds. The molecular formula is C24H23F3N4O4. The van der Waals surface area contributed by atoms with Crippen molar-refractivity contribution in [3.63, 3.8) is 0 Å². The fourth-order valence-corrected chi connectivity index (χ4v) is 5.28. The number of aromatic nitrogens is 2. The largest absolute Gasteiger partial charge is 0.378 e. The molecule has 3 heterocycles. The number of carbonyl (C=O) groups excluding carboxylic acids is 1. The summed E-state index contributed by atoms with van der Waals surface area (Å²) in [5.41, 5.74) is -2.52. The maximum atomic E-state index is 14.2. The van der Waals surface area contributed by atoms with Gasteiger partial charge in [-0.2, -0.15) is 0 Å². The van der Waals surface area contributed by atoms with Crippen LogP contribution in [-0.4, -0.2) is 52.2 Å². The molecule has 184 valence electrons. The number of hydrogen-bond acceptors (Lipinski definition) is 5. The number of carbonyl (C=O) groups is 1. The first-order valence-corrected chi connectivity index (χ1v) is 11.2. The smallest absolute Gasteiger partial charge is 0.329 e. The van der Waals surface area contributed by atoms with Gasteiger partial charge in [0.05, 0.1) is 29.7 Å². The maximum Gasteiger partial charge on any atom is 0.329 e. The van der Waals surface area contributed by atoms with Gasteiger partial charge in [0.25, 0.3) is 5.56 Å². The summed E-state index contributed by atoms with van der Waals surface area (Å²) in [5.74, 6) is -2.97. The molecule has 5 rings (SSSR count). The van der Waals surface area contributed by atoms with Gasteiger partial charge in [-0.1, -0.05) is 6.07 Å². The number of ether oxygens (including phenoxy) is 1. The van der Waals surface area contributed by atoms with Crippen molar-refractivity contribution in [2.24, 2.45) is 0 Å². The highest BCUT2D eigenvalue weighted by Gasteiger charge is 2.56. The zero-order valence-electron chi connectivity index (χ0n) is 18.8. The molecule has 2 bridgehead atoms. The Morgan fingerprint density at radius 2 is 1.94 bits per heavy atom. The van der Waals surface area contributed by atoms with Crippen LogP contribution < -0.4 is 16.6 Å². The van der Waals surface area contributed by atoms with Crippen LogP contribution in [-0.2, 0) is 16.1 Å². The number of rotatable bonds is 5. The van der Waals surface area contributed by atoms with Gasteiger partial charge >= 0.3 is 5.69 Å². The summed E-state index contributed by atoms with van der Waals surface area (Å²) in [4.78, 5) is 44.8. The van der Waals surface area contributed by atoms with Crippen LogP contribution in [0.4, 0.5) is 13.2 Å². The zero-order valence-corrected chi connectivity index (χ0v) is 18.8. The van der Waals surface area contributed by atoms with Gasteiger partial charge in [0.1, 0.15) is 23.5 Å². The molecule has 35 heavy (non-hydrogen) atoms. The summed E-state index contributed by atoms with van der Waals surface area (Å²) < 4.78 is 47.9. The number of morpholine rings is 1. The van der Waals surface area contributed by atoms with Crippen LogP contribution >= 0.6 is 0 Å². The second-order valence-electron chi connectivity index (χ2n) is 9.07. The fraction of sp³-hybridized carbons (Fsp3) is 0.375. The Morgan fingerprint density at radius 1 is 1.20 bits per heavy atom. The lowest BCUT2D eigenvalue weighted by molar-refractivity contribution is -0.136. The molecule has 3 aromatic rings. The first-order chi connectivity index (χ1) is 16.7. The second-order valence-corrected chi connectivity index (χ2v) is 9.07. The van der Waals surface area contributed by atoms with E-state index in [0.29, 0.717) is 25.5 Å². The van der Waals surface area contributed by atoms with Crippen LogP contribution in [0.1, 0.15) is 24.4 Å². The van der Waals surface area contributed by atoms with Gasteiger partial charge < -0.3 is 15.0 Å². The molecule has 2 saturated heterocycles. The lowest BCUT2D eigenvalue weighted by atomic mass is 9.86. The van der Waals surface area contributed by atoms with Crippen LogP contribution in [0.5, 0.6) is 0 Å². The van der Waals surface area contributed by atoms with Crippen LogP contribution in [0.25, 0.3) is 10.9 Å². The van der Waals surface area contributed by atoms with Gasteiger partial charge in [0, 0.05) is 24.2 Å². The van der Waals surface area contributed by atoms with Crippen molar-refractivity contribution >= 4 is 16.8 Å². The number of nitrogens with zero attached hydrogens (tertiary/aromatic N) is 2. The Hall–Kier alpha value is -3.44. The topological polar surface area (TPSA) is 96.4 Å². The number of fused-ring (bicyclic) bond motifs is 3. The second kappa shape index (κ2) is 8.65. The molecule has 11 heteroatoms. The lowest BCUT2D eigenvalue weighted by Crippen LogP contribution is -2.64. The highest BCUT2D eigenvalue weighted by Crippen LogP contribution is 2.43. The summed E-state index contributed by atoms with van der Waals surface area (Å²) in [6, 6.07) is 5.01. The Labute approximate surface area is 197 Å². The van der Waals surface area contributed by atoms with E-state index >= 15 is 0 Å². The first kappa shape index (κ1) is 23.3. The predicted octanol–water partition coefficient (Wildman–Crippen LogP) is 1.83. The molecule has 2 aliphatic rings. The van der Waals surface area contributed by atoms with Crippen LogP contribution in [0.3, 0.4) is 0 Å². The summed E-state index contributed by atoms with van der Waals surface area (Å²) in [5, 5.41) is 2.51. The van der Waals surface area contributed by atoms with Crippen molar-refractivity contribution in [3.05, 3.63) is 80.3 Å². The molecule has 0 radical (unpaired) electrons. The normalized spacial score (nSPS) is 22.9. The van der Waals surface area contributed by atoms with Crippen molar-refractivity contribution in [2.75, 3.05) is 20.3 Å². The quantitative estimate of drug-likeness (QED) is 0.572. The molecule has 1 aromatic heterocycles. The SMILES string of the molecule is CN1[C@@H]2CC[C@@]1(C(C(=O)NCc1ccc(F)cc1F)n1c(=O)[nH]c3ccc(F)cc3c1=O)COC2. The van der Waals surface area contributed by atoms with Crippen molar-refractivity contribution in [3.8, 4) is 0 Å². The summed E-state index contributed by atoms with van der Waals surface area (Å²) in [6.45, 7) is 0.234. The third-order valence-electron chi connectivity index (χ3n) is 7.20. The van der Waals surface area contributed by atoms with E-state index in [1.807, 2.05) is 4.90 Å². The molecule has 2 aliphatic heterocycles. The average molecular weight is 488 g/mol. The van der Waals surface area contributed by atoms with Crippen molar-refractivity contribution in [1.29, 1.82) is 0 Å².